The number of nitriles is 1. The van der Waals surface area contributed by atoms with Crippen LogP contribution in [0, 0.1) is 22.6 Å². The lowest BCUT2D eigenvalue weighted by molar-refractivity contribution is -0.327. The number of rotatable bonds is 6. The van der Waals surface area contributed by atoms with E-state index in [0.717, 1.165) is 38.2 Å². The maximum absolute atomic E-state index is 15.6. The summed E-state index contributed by atoms with van der Waals surface area (Å²) in [4.78, 5) is 18.8. The molecule has 0 amide bonds. The summed E-state index contributed by atoms with van der Waals surface area (Å²) >= 11 is 0. The lowest BCUT2D eigenvalue weighted by atomic mass is 9.69. The Labute approximate surface area is 250 Å². The molecule has 0 radical (unpaired) electrons. The van der Waals surface area contributed by atoms with Crippen molar-refractivity contribution in [2.24, 2.45) is 5.41 Å². The van der Waals surface area contributed by atoms with E-state index in [-0.39, 0.29) is 23.4 Å². The van der Waals surface area contributed by atoms with Crippen molar-refractivity contribution in [1.82, 2.24) is 19.2 Å². The van der Waals surface area contributed by atoms with Crippen LogP contribution in [0.2, 0.25) is 0 Å². The number of halogens is 1. The highest BCUT2D eigenvalue weighted by atomic mass is 19.1. The van der Waals surface area contributed by atoms with E-state index in [1.54, 1.807) is 27.3 Å². The summed E-state index contributed by atoms with van der Waals surface area (Å²) in [7, 11) is 0. The maximum atomic E-state index is 15.6. The fourth-order valence-corrected chi connectivity index (χ4v) is 7.17. The molecule has 3 aliphatic rings. The van der Waals surface area contributed by atoms with Gasteiger partial charge in [0.1, 0.15) is 12.1 Å². The third kappa shape index (κ3) is 4.87. The second-order valence-electron chi connectivity index (χ2n) is 12.5. The Hall–Kier alpha value is -3.87. The number of aromatic nitrogens is 4. The Balaban J connectivity index is 1.21. The molecule has 2 aromatic carbocycles. The Morgan fingerprint density at radius 2 is 1.86 bits per heavy atom. The average Bonchev–Trinajstić information content (AvgIpc) is 3.50. The summed E-state index contributed by atoms with van der Waals surface area (Å²) in [5.74, 6) is -0.445. The molecule has 4 aromatic rings. The van der Waals surface area contributed by atoms with Gasteiger partial charge in [-0.25, -0.2) is 8.91 Å². The normalized spacial score (nSPS) is 19.5. The van der Waals surface area contributed by atoms with E-state index in [4.69, 9.17) is 9.47 Å². The van der Waals surface area contributed by atoms with Crippen LogP contribution in [0.5, 0.6) is 0 Å². The number of benzene rings is 2. The summed E-state index contributed by atoms with van der Waals surface area (Å²) in [6.45, 7) is 3.57. The highest BCUT2D eigenvalue weighted by Gasteiger charge is 2.49. The van der Waals surface area contributed by atoms with Crippen LogP contribution in [0.4, 0.5) is 4.39 Å². The van der Waals surface area contributed by atoms with Gasteiger partial charge >= 0.3 is 0 Å². The molecule has 0 atom stereocenters. The molecule has 43 heavy (non-hydrogen) atoms. The Morgan fingerprint density at radius 1 is 1.09 bits per heavy atom. The van der Waals surface area contributed by atoms with Crippen molar-refractivity contribution < 1.29 is 13.9 Å². The van der Waals surface area contributed by atoms with Gasteiger partial charge in [0, 0.05) is 36.3 Å². The van der Waals surface area contributed by atoms with Crippen LogP contribution in [-0.4, -0.2) is 38.2 Å². The van der Waals surface area contributed by atoms with Crippen molar-refractivity contribution >= 4 is 5.78 Å². The molecule has 3 fully saturated rings. The van der Waals surface area contributed by atoms with E-state index in [9.17, 15) is 10.1 Å². The molecule has 8 nitrogen and oxygen atoms in total. The zero-order valence-electron chi connectivity index (χ0n) is 24.5. The first-order valence-electron chi connectivity index (χ1n) is 15.5. The monoisotopic (exact) mass is 581 g/mol. The van der Waals surface area contributed by atoms with Gasteiger partial charge in [0.15, 0.2) is 5.79 Å². The second-order valence-corrected chi connectivity index (χ2v) is 12.5. The highest BCUT2D eigenvalue weighted by Crippen LogP contribution is 2.49. The summed E-state index contributed by atoms with van der Waals surface area (Å²) in [6.07, 6.45) is 9.54. The molecule has 3 heterocycles. The van der Waals surface area contributed by atoms with Crippen LogP contribution in [0.3, 0.4) is 0 Å². The van der Waals surface area contributed by atoms with Crippen LogP contribution in [0.15, 0.2) is 53.6 Å². The van der Waals surface area contributed by atoms with Crippen molar-refractivity contribution in [1.29, 1.82) is 5.26 Å². The summed E-state index contributed by atoms with van der Waals surface area (Å²) in [5.41, 5.74) is 3.61. The second kappa shape index (κ2) is 11.0. The molecule has 0 N–H and O–H groups in total. The van der Waals surface area contributed by atoms with Crippen molar-refractivity contribution in [3.8, 4) is 17.2 Å². The third-order valence-corrected chi connectivity index (χ3v) is 9.87. The highest BCUT2D eigenvalue weighted by molar-refractivity contribution is 5.70. The van der Waals surface area contributed by atoms with Gasteiger partial charge in [-0.3, -0.25) is 9.36 Å². The van der Waals surface area contributed by atoms with Crippen molar-refractivity contribution in [3.63, 3.8) is 0 Å². The lowest BCUT2D eigenvalue weighted by Gasteiger charge is -2.52. The van der Waals surface area contributed by atoms with Crippen molar-refractivity contribution in [2.45, 2.75) is 83.0 Å². The van der Waals surface area contributed by atoms with E-state index < -0.39 is 11.6 Å². The van der Waals surface area contributed by atoms with E-state index in [1.165, 1.54) is 31.7 Å². The molecule has 222 valence electrons. The predicted molar refractivity (Wildman–Crippen MR) is 159 cm³/mol. The molecular weight excluding hydrogens is 545 g/mol. The Bertz CT molecular complexity index is 1760. The number of hydrogen-bond acceptors (Lipinski definition) is 6. The molecule has 1 aliphatic heterocycles. The van der Waals surface area contributed by atoms with Crippen LogP contribution in [0.1, 0.15) is 86.7 Å². The predicted octanol–water partition coefficient (Wildman–Crippen LogP) is 6.14. The van der Waals surface area contributed by atoms with E-state index >= 15 is 4.39 Å². The van der Waals surface area contributed by atoms with Gasteiger partial charge in [-0.05, 0) is 60.9 Å². The summed E-state index contributed by atoms with van der Waals surface area (Å²) < 4.78 is 31.9. The molecule has 0 bridgehead atoms. The van der Waals surface area contributed by atoms with E-state index in [2.05, 4.69) is 23.1 Å². The molecule has 0 unspecified atom stereocenters. The molecule has 2 spiro atoms. The standard InChI is InChI=1S/C34H36FN5O3/c1-2-6-30-28(17-24-10-9-23(18-29(24)35)27-8-4-3-7-25(27)19-36)31(41)39(32-37-22-38-40(30)32)26-11-15-34(16-12-26)42-20-33(21-43-34)13-5-14-33/h3-4,7-10,18,22,26H,2,5-6,11-17,20-21H2,1H3. The molecule has 7 rings (SSSR count). The number of aryl methyl sites for hydroxylation is 1. The lowest BCUT2D eigenvalue weighted by Crippen LogP contribution is -2.53. The number of ether oxygens (including phenoxy) is 2. The molecule has 2 aliphatic carbocycles. The number of fused-ring (bicyclic) bond motifs is 1. The average molecular weight is 582 g/mol. The molecule has 1 saturated heterocycles. The summed E-state index contributed by atoms with van der Waals surface area (Å²) in [6, 6.07) is 14.2. The van der Waals surface area contributed by atoms with Gasteiger partial charge in [-0.1, -0.05) is 50.1 Å². The topological polar surface area (TPSA) is 94.4 Å². The van der Waals surface area contributed by atoms with Crippen LogP contribution >= 0.6 is 0 Å². The first-order chi connectivity index (χ1) is 20.9. The molecular formula is C34H36FN5O3. The van der Waals surface area contributed by atoms with Crippen LogP contribution in [-0.2, 0) is 22.3 Å². The molecule has 2 aromatic heterocycles. The van der Waals surface area contributed by atoms with Gasteiger partial charge in [0.05, 0.1) is 30.5 Å². The number of nitrogens with zero attached hydrogens (tertiary/aromatic N) is 5. The minimum atomic E-state index is -0.565. The minimum absolute atomic E-state index is 0.0826. The maximum Gasteiger partial charge on any atom is 0.259 e. The van der Waals surface area contributed by atoms with Crippen LogP contribution in [0.25, 0.3) is 16.9 Å². The fraction of sp³-hybridized carbons (Fsp3) is 0.471. The minimum Gasteiger partial charge on any atom is -0.349 e. The quantitative estimate of drug-likeness (QED) is 0.272. The smallest absolute Gasteiger partial charge is 0.259 e. The van der Waals surface area contributed by atoms with Gasteiger partial charge < -0.3 is 9.47 Å². The summed E-state index contributed by atoms with van der Waals surface area (Å²) in [5, 5.41) is 14.0. The SMILES string of the molecule is CCCc1c(Cc2ccc(-c3ccccc3C#N)cc2F)c(=O)n(C2CCC3(CC2)OCC2(CCC2)CO3)c2ncnn12. The van der Waals surface area contributed by atoms with Gasteiger partial charge in [0.25, 0.3) is 5.56 Å². The first-order valence-corrected chi connectivity index (χ1v) is 15.5. The van der Waals surface area contributed by atoms with Gasteiger partial charge in [-0.2, -0.15) is 15.3 Å². The zero-order valence-corrected chi connectivity index (χ0v) is 24.5. The zero-order chi connectivity index (χ0) is 29.6. The van der Waals surface area contributed by atoms with E-state index in [1.807, 2.05) is 18.2 Å². The Kier molecular flexibility index (Phi) is 7.15. The van der Waals surface area contributed by atoms with Crippen molar-refractivity contribution in [3.05, 3.63) is 87.3 Å². The molecule has 9 heteroatoms. The largest absolute Gasteiger partial charge is 0.349 e. The number of hydrogen-bond donors (Lipinski definition) is 0. The van der Waals surface area contributed by atoms with Gasteiger partial charge in [-0.15, -0.1) is 0 Å². The van der Waals surface area contributed by atoms with Gasteiger partial charge in [0.2, 0.25) is 5.78 Å². The molecule has 2 saturated carbocycles. The van der Waals surface area contributed by atoms with E-state index in [0.29, 0.717) is 52.9 Å². The first kappa shape index (κ1) is 27.9. The fourth-order valence-electron chi connectivity index (χ4n) is 7.17. The third-order valence-electron chi connectivity index (χ3n) is 9.87. The van der Waals surface area contributed by atoms with Crippen LogP contribution < -0.4 is 5.56 Å². The Morgan fingerprint density at radius 3 is 2.53 bits per heavy atom. The van der Waals surface area contributed by atoms with Crippen molar-refractivity contribution in [2.75, 3.05) is 13.2 Å².